The number of benzene rings is 1. The molecular formula is C19H17BrFN5O2. The minimum atomic E-state index is -0.914. The van der Waals surface area contributed by atoms with Crippen LogP contribution in [0.1, 0.15) is 16.8 Å². The Balaban J connectivity index is 1.47. The van der Waals surface area contributed by atoms with Gasteiger partial charge in [0.25, 0.3) is 5.91 Å². The number of nitrogens with one attached hydrogen (secondary N) is 1. The number of nitrogens with zero attached hydrogens (tertiary/aromatic N) is 4. The molecule has 1 aliphatic carbocycles. The molecule has 4 rings (SSSR count). The Kier molecular flexibility index (Phi) is 5.08. The fraction of sp³-hybridized carbons (Fsp3) is 0.263. The lowest BCUT2D eigenvalue weighted by atomic mass is 10.2. The van der Waals surface area contributed by atoms with Crippen LogP contribution >= 0.6 is 15.9 Å². The van der Waals surface area contributed by atoms with E-state index in [1.54, 1.807) is 42.6 Å². The summed E-state index contributed by atoms with van der Waals surface area (Å²) in [4.78, 5) is 30.9. The smallest absolute Gasteiger partial charge is 0.254 e. The zero-order chi connectivity index (χ0) is 19.7. The molecule has 2 heterocycles. The van der Waals surface area contributed by atoms with Crippen molar-refractivity contribution in [3.8, 4) is 0 Å². The molecule has 1 N–H and O–H groups in total. The number of halogens is 2. The first kappa shape index (κ1) is 18.5. The van der Waals surface area contributed by atoms with Gasteiger partial charge in [-0.1, -0.05) is 22.0 Å². The molecule has 1 fully saturated rings. The maximum absolute atomic E-state index is 13.4. The molecule has 2 aromatic heterocycles. The van der Waals surface area contributed by atoms with Crippen molar-refractivity contribution in [3.05, 3.63) is 58.7 Å². The monoisotopic (exact) mass is 445 g/mol. The van der Waals surface area contributed by atoms with Crippen LogP contribution in [0.2, 0.25) is 0 Å². The number of alkyl halides is 1. The second-order valence-corrected chi connectivity index (χ2v) is 7.61. The third-order valence-corrected chi connectivity index (χ3v) is 5.03. The average molecular weight is 446 g/mol. The predicted octanol–water partition coefficient (Wildman–Crippen LogP) is 2.93. The molecule has 1 aromatic carbocycles. The molecule has 2 amide bonds. The van der Waals surface area contributed by atoms with Crippen LogP contribution in [-0.4, -0.2) is 50.6 Å². The van der Waals surface area contributed by atoms with Gasteiger partial charge < -0.3 is 4.90 Å². The average Bonchev–Trinajstić information content (AvgIpc) is 3.21. The predicted molar refractivity (Wildman–Crippen MR) is 105 cm³/mol. The minimum Gasteiger partial charge on any atom is -0.329 e. The van der Waals surface area contributed by atoms with Gasteiger partial charge in [0.2, 0.25) is 11.9 Å². The van der Waals surface area contributed by atoms with E-state index in [0.717, 1.165) is 4.47 Å². The second-order valence-electron chi connectivity index (χ2n) is 6.69. The van der Waals surface area contributed by atoms with Gasteiger partial charge in [0.15, 0.2) is 5.65 Å². The van der Waals surface area contributed by atoms with E-state index in [1.807, 2.05) is 6.07 Å². The number of pyridine rings is 1. The van der Waals surface area contributed by atoms with E-state index in [4.69, 9.17) is 0 Å². The summed E-state index contributed by atoms with van der Waals surface area (Å²) in [5, 5.41) is 6.77. The van der Waals surface area contributed by atoms with Crippen molar-refractivity contribution >= 4 is 39.3 Å². The van der Waals surface area contributed by atoms with Crippen LogP contribution in [0.4, 0.5) is 10.3 Å². The highest BCUT2D eigenvalue weighted by Gasteiger charge is 2.40. The molecule has 1 saturated carbocycles. The molecule has 3 aromatic rings. The van der Waals surface area contributed by atoms with Gasteiger partial charge in [-0.05, 0) is 42.8 Å². The maximum Gasteiger partial charge on any atom is 0.254 e. The molecule has 144 valence electrons. The highest BCUT2D eigenvalue weighted by Crippen LogP contribution is 2.34. The molecule has 0 saturated heterocycles. The standard InChI is InChI=1S/C19H17BrFN5O2/c20-14-6-4-12(5-7-14)18(28)25(10-13-9-15(13)21)11-17(27)23-19-22-16-3-1-2-8-26(16)24-19/h1-8,13,15H,9-11H2,(H,23,24,27)/t13-,15-/m0/s1. The molecule has 0 aliphatic heterocycles. The number of fused-ring (bicyclic) bond motifs is 1. The van der Waals surface area contributed by atoms with E-state index >= 15 is 0 Å². The number of carbonyl (C=O) groups excluding carboxylic acids is 2. The van der Waals surface area contributed by atoms with Crippen molar-refractivity contribution in [2.45, 2.75) is 12.6 Å². The first-order valence-electron chi connectivity index (χ1n) is 8.80. The number of carbonyl (C=O) groups is 2. The molecule has 9 heteroatoms. The zero-order valence-electron chi connectivity index (χ0n) is 14.8. The van der Waals surface area contributed by atoms with Gasteiger partial charge in [0, 0.05) is 28.7 Å². The van der Waals surface area contributed by atoms with Crippen LogP contribution in [0, 0.1) is 5.92 Å². The third-order valence-electron chi connectivity index (χ3n) is 4.50. The third kappa shape index (κ3) is 4.19. The Labute approximate surface area is 168 Å². The van der Waals surface area contributed by atoms with Crippen LogP contribution in [-0.2, 0) is 4.79 Å². The van der Waals surface area contributed by atoms with Crippen molar-refractivity contribution in [1.29, 1.82) is 0 Å². The molecule has 7 nitrogen and oxygen atoms in total. The summed E-state index contributed by atoms with van der Waals surface area (Å²) < 4.78 is 15.8. The van der Waals surface area contributed by atoms with Crippen LogP contribution in [0.3, 0.4) is 0 Å². The molecular weight excluding hydrogens is 429 g/mol. The summed E-state index contributed by atoms with van der Waals surface area (Å²) in [7, 11) is 0. The summed E-state index contributed by atoms with van der Waals surface area (Å²) in [6, 6.07) is 12.2. The van der Waals surface area contributed by atoms with Crippen LogP contribution in [0.25, 0.3) is 5.65 Å². The van der Waals surface area contributed by atoms with Gasteiger partial charge in [-0.15, -0.1) is 5.10 Å². The van der Waals surface area contributed by atoms with E-state index in [2.05, 4.69) is 31.3 Å². The lowest BCUT2D eigenvalue weighted by Gasteiger charge is -2.22. The van der Waals surface area contributed by atoms with Crippen LogP contribution in [0.15, 0.2) is 53.1 Å². The quantitative estimate of drug-likeness (QED) is 0.632. The summed E-state index contributed by atoms with van der Waals surface area (Å²) in [6.07, 6.45) is 1.22. The molecule has 1 aliphatic rings. The van der Waals surface area contributed by atoms with E-state index in [-0.39, 0.29) is 30.9 Å². The van der Waals surface area contributed by atoms with Gasteiger partial charge in [-0.2, -0.15) is 4.98 Å². The topological polar surface area (TPSA) is 79.6 Å². The van der Waals surface area contributed by atoms with Crippen molar-refractivity contribution in [3.63, 3.8) is 0 Å². The Morgan fingerprint density at radius 3 is 2.68 bits per heavy atom. The van der Waals surface area contributed by atoms with Gasteiger partial charge >= 0.3 is 0 Å². The van der Waals surface area contributed by atoms with E-state index in [1.165, 1.54) is 9.42 Å². The lowest BCUT2D eigenvalue weighted by molar-refractivity contribution is -0.117. The minimum absolute atomic E-state index is 0.155. The summed E-state index contributed by atoms with van der Waals surface area (Å²) in [5.41, 5.74) is 1.04. The van der Waals surface area contributed by atoms with Gasteiger partial charge in [0.1, 0.15) is 12.7 Å². The van der Waals surface area contributed by atoms with Crippen molar-refractivity contribution in [2.24, 2.45) is 5.92 Å². The first-order valence-corrected chi connectivity index (χ1v) is 9.59. The van der Waals surface area contributed by atoms with E-state index in [0.29, 0.717) is 17.6 Å². The second kappa shape index (κ2) is 7.67. The number of hydrogen-bond donors (Lipinski definition) is 1. The highest BCUT2D eigenvalue weighted by atomic mass is 79.9. The molecule has 0 radical (unpaired) electrons. The SMILES string of the molecule is O=C(CN(C[C@@H]1C[C@@H]1F)C(=O)c1ccc(Br)cc1)Nc1nc2ccccn2n1. The fourth-order valence-electron chi connectivity index (χ4n) is 2.90. The molecule has 0 unspecified atom stereocenters. The number of amides is 2. The lowest BCUT2D eigenvalue weighted by Crippen LogP contribution is -2.39. The van der Waals surface area contributed by atoms with Gasteiger partial charge in [-0.25, -0.2) is 8.91 Å². The Hall–Kier alpha value is -2.81. The fourth-order valence-corrected chi connectivity index (χ4v) is 3.16. The summed E-state index contributed by atoms with van der Waals surface area (Å²) >= 11 is 3.33. The Bertz CT molecular complexity index is 990. The van der Waals surface area contributed by atoms with Gasteiger partial charge in [-0.3, -0.25) is 14.9 Å². The van der Waals surface area contributed by atoms with Crippen molar-refractivity contribution in [1.82, 2.24) is 19.5 Å². The highest BCUT2D eigenvalue weighted by molar-refractivity contribution is 9.10. The van der Waals surface area contributed by atoms with Crippen LogP contribution < -0.4 is 5.32 Å². The number of hydrogen-bond acceptors (Lipinski definition) is 4. The van der Waals surface area contributed by atoms with Gasteiger partial charge in [0.05, 0.1) is 0 Å². The molecule has 0 spiro atoms. The normalized spacial score (nSPS) is 18.1. The van der Waals surface area contributed by atoms with Crippen molar-refractivity contribution in [2.75, 3.05) is 18.4 Å². The van der Waals surface area contributed by atoms with Crippen molar-refractivity contribution < 1.29 is 14.0 Å². The molecule has 28 heavy (non-hydrogen) atoms. The summed E-state index contributed by atoms with van der Waals surface area (Å²) in [5.74, 6) is -0.815. The number of aromatic nitrogens is 3. The molecule has 0 bridgehead atoms. The number of rotatable bonds is 6. The molecule has 2 atom stereocenters. The zero-order valence-corrected chi connectivity index (χ0v) is 16.3. The Morgan fingerprint density at radius 2 is 2.00 bits per heavy atom. The first-order chi connectivity index (χ1) is 13.5. The van der Waals surface area contributed by atoms with E-state index in [9.17, 15) is 14.0 Å². The maximum atomic E-state index is 13.4. The summed E-state index contributed by atoms with van der Waals surface area (Å²) in [6.45, 7) is -0.00422. The number of anilines is 1. The largest absolute Gasteiger partial charge is 0.329 e. The Morgan fingerprint density at radius 1 is 1.25 bits per heavy atom. The van der Waals surface area contributed by atoms with Crippen LogP contribution in [0.5, 0.6) is 0 Å². The van der Waals surface area contributed by atoms with E-state index < -0.39 is 12.1 Å².